The van der Waals surface area contributed by atoms with E-state index in [1.54, 1.807) is 12.1 Å². The fraction of sp³-hybridized carbons (Fsp3) is 0.538. The highest BCUT2D eigenvalue weighted by Crippen LogP contribution is 2.35. The van der Waals surface area contributed by atoms with E-state index in [-0.39, 0.29) is 28.5 Å². The molecule has 2 unspecified atom stereocenters. The largest absolute Gasteiger partial charge is 0.497 e. The van der Waals surface area contributed by atoms with Crippen LogP contribution in [-0.4, -0.2) is 18.1 Å². The van der Waals surface area contributed by atoms with Crippen LogP contribution in [0.1, 0.15) is 32.3 Å². The molecule has 0 saturated heterocycles. The first-order chi connectivity index (χ1) is 8.38. The topological polar surface area (TPSA) is 78.4 Å². The van der Waals surface area contributed by atoms with Crippen LogP contribution in [0.25, 0.3) is 0 Å². The highest BCUT2D eigenvalue weighted by atomic mass is 16.6. The lowest BCUT2D eigenvalue weighted by Crippen LogP contribution is -2.29. The van der Waals surface area contributed by atoms with Crippen LogP contribution >= 0.6 is 0 Å². The van der Waals surface area contributed by atoms with Gasteiger partial charge in [-0.1, -0.05) is 13.8 Å². The van der Waals surface area contributed by atoms with E-state index in [4.69, 9.17) is 10.5 Å². The highest BCUT2D eigenvalue weighted by molar-refractivity contribution is 5.48. The Morgan fingerprint density at radius 3 is 2.33 bits per heavy atom. The van der Waals surface area contributed by atoms with Crippen molar-refractivity contribution in [1.82, 2.24) is 0 Å². The molecule has 2 atom stereocenters. The lowest BCUT2D eigenvalue weighted by Gasteiger charge is -2.25. The van der Waals surface area contributed by atoms with Crippen molar-refractivity contribution in [3.63, 3.8) is 0 Å². The van der Waals surface area contributed by atoms with Gasteiger partial charge in [-0.2, -0.15) is 0 Å². The van der Waals surface area contributed by atoms with Gasteiger partial charge in [0.1, 0.15) is 5.75 Å². The first-order valence-corrected chi connectivity index (χ1v) is 5.96. The Morgan fingerprint density at radius 2 is 1.94 bits per heavy atom. The summed E-state index contributed by atoms with van der Waals surface area (Å²) in [5, 5.41) is 11.1. The molecule has 1 aromatic carbocycles. The molecule has 5 heteroatoms. The fourth-order valence-corrected chi connectivity index (χ4v) is 2.34. The van der Waals surface area contributed by atoms with Crippen molar-refractivity contribution in [1.29, 1.82) is 0 Å². The average Bonchev–Trinajstić information content (AvgIpc) is 2.28. The third-order valence-electron chi connectivity index (χ3n) is 3.08. The maximum atomic E-state index is 11.1. The summed E-state index contributed by atoms with van der Waals surface area (Å²) in [6.45, 7) is 5.91. The molecule has 0 aliphatic carbocycles. The Morgan fingerprint density at radius 1 is 1.33 bits per heavy atom. The number of benzene rings is 1. The van der Waals surface area contributed by atoms with E-state index < -0.39 is 0 Å². The average molecular weight is 252 g/mol. The van der Waals surface area contributed by atoms with E-state index in [1.165, 1.54) is 13.2 Å². The van der Waals surface area contributed by atoms with E-state index in [9.17, 15) is 10.1 Å². The Labute approximate surface area is 107 Å². The molecular formula is C13H20N2O3. The van der Waals surface area contributed by atoms with Crippen LogP contribution in [0.5, 0.6) is 5.75 Å². The molecule has 2 N–H and O–H groups in total. The van der Waals surface area contributed by atoms with Crippen LogP contribution in [-0.2, 0) is 0 Å². The van der Waals surface area contributed by atoms with Crippen molar-refractivity contribution >= 4 is 5.69 Å². The van der Waals surface area contributed by atoms with Crippen LogP contribution in [0.2, 0.25) is 0 Å². The number of nitro benzene ring substituents is 1. The van der Waals surface area contributed by atoms with Gasteiger partial charge in [0.25, 0.3) is 5.69 Å². The SMILES string of the molecule is COc1ccc(C(C(C)C)C(C)N)c([N+](=O)[O-])c1. The molecule has 0 bridgehead atoms. The molecular weight excluding hydrogens is 232 g/mol. The summed E-state index contributed by atoms with van der Waals surface area (Å²) in [6, 6.07) is 4.79. The summed E-state index contributed by atoms with van der Waals surface area (Å²) in [7, 11) is 1.49. The molecule has 1 rings (SSSR count). The predicted molar refractivity (Wildman–Crippen MR) is 70.9 cm³/mol. The number of methoxy groups -OCH3 is 1. The number of nitrogens with zero attached hydrogens (tertiary/aromatic N) is 1. The second-order valence-corrected chi connectivity index (χ2v) is 4.81. The number of nitrogens with two attached hydrogens (primary N) is 1. The van der Waals surface area contributed by atoms with Crippen molar-refractivity contribution in [3.05, 3.63) is 33.9 Å². The monoisotopic (exact) mass is 252 g/mol. The standard InChI is InChI=1S/C13H20N2O3/c1-8(2)13(9(3)14)11-6-5-10(18-4)7-12(11)15(16)17/h5-9,13H,14H2,1-4H3. The zero-order valence-corrected chi connectivity index (χ0v) is 11.2. The summed E-state index contributed by atoms with van der Waals surface area (Å²) in [4.78, 5) is 10.8. The molecule has 0 radical (unpaired) electrons. The summed E-state index contributed by atoms with van der Waals surface area (Å²) in [5.41, 5.74) is 6.70. The number of rotatable bonds is 5. The number of hydrogen-bond acceptors (Lipinski definition) is 4. The summed E-state index contributed by atoms with van der Waals surface area (Å²) in [5.74, 6) is 0.672. The Balaban J connectivity index is 3.33. The lowest BCUT2D eigenvalue weighted by molar-refractivity contribution is -0.385. The van der Waals surface area contributed by atoms with Gasteiger partial charge in [0.2, 0.25) is 0 Å². The Hall–Kier alpha value is -1.62. The molecule has 100 valence electrons. The van der Waals surface area contributed by atoms with Crippen molar-refractivity contribution in [2.24, 2.45) is 11.7 Å². The van der Waals surface area contributed by atoms with Gasteiger partial charge >= 0.3 is 0 Å². The van der Waals surface area contributed by atoms with Gasteiger partial charge in [-0.25, -0.2) is 0 Å². The van der Waals surface area contributed by atoms with Crippen LogP contribution in [0.4, 0.5) is 5.69 Å². The molecule has 0 aliphatic heterocycles. The smallest absolute Gasteiger partial charge is 0.276 e. The van der Waals surface area contributed by atoms with E-state index in [0.717, 1.165) is 0 Å². The molecule has 0 saturated carbocycles. The van der Waals surface area contributed by atoms with Crippen molar-refractivity contribution in [2.75, 3.05) is 7.11 Å². The molecule has 0 heterocycles. The number of nitro groups is 1. The molecule has 0 spiro atoms. The molecule has 1 aromatic rings. The Bertz CT molecular complexity index is 422. The van der Waals surface area contributed by atoms with E-state index in [0.29, 0.717) is 11.3 Å². The van der Waals surface area contributed by atoms with Crippen molar-refractivity contribution < 1.29 is 9.66 Å². The Kier molecular flexibility index (Phi) is 4.67. The van der Waals surface area contributed by atoms with Gasteiger partial charge in [-0.05, 0) is 25.0 Å². The number of hydrogen-bond donors (Lipinski definition) is 1. The zero-order chi connectivity index (χ0) is 13.9. The molecule has 0 fully saturated rings. The maximum absolute atomic E-state index is 11.1. The minimum Gasteiger partial charge on any atom is -0.497 e. The van der Waals surface area contributed by atoms with Gasteiger partial charge in [0.15, 0.2) is 0 Å². The highest BCUT2D eigenvalue weighted by Gasteiger charge is 2.27. The summed E-state index contributed by atoms with van der Waals surface area (Å²) >= 11 is 0. The van der Waals surface area contributed by atoms with Crippen LogP contribution in [0.15, 0.2) is 18.2 Å². The number of ether oxygens (including phenoxy) is 1. The summed E-state index contributed by atoms with van der Waals surface area (Å²) < 4.78 is 5.03. The minimum atomic E-state index is -0.379. The second-order valence-electron chi connectivity index (χ2n) is 4.81. The van der Waals surface area contributed by atoms with Gasteiger partial charge in [-0.15, -0.1) is 0 Å². The lowest BCUT2D eigenvalue weighted by atomic mass is 9.82. The zero-order valence-electron chi connectivity index (χ0n) is 11.2. The maximum Gasteiger partial charge on any atom is 0.276 e. The predicted octanol–water partition coefficient (Wildman–Crippen LogP) is 2.69. The summed E-state index contributed by atoms with van der Waals surface area (Å²) in [6.07, 6.45) is 0. The molecule has 18 heavy (non-hydrogen) atoms. The van der Waals surface area contributed by atoms with Crippen LogP contribution in [0, 0.1) is 16.0 Å². The first kappa shape index (κ1) is 14.4. The molecule has 0 aromatic heterocycles. The van der Waals surface area contributed by atoms with Crippen LogP contribution in [0.3, 0.4) is 0 Å². The van der Waals surface area contributed by atoms with E-state index >= 15 is 0 Å². The fourth-order valence-electron chi connectivity index (χ4n) is 2.34. The van der Waals surface area contributed by atoms with E-state index in [1.807, 2.05) is 20.8 Å². The minimum absolute atomic E-state index is 0.0451. The molecule has 0 amide bonds. The normalized spacial score (nSPS) is 14.3. The second kappa shape index (κ2) is 5.82. The third-order valence-corrected chi connectivity index (χ3v) is 3.08. The van der Waals surface area contributed by atoms with Gasteiger partial charge in [-0.3, -0.25) is 10.1 Å². The van der Waals surface area contributed by atoms with E-state index in [2.05, 4.69) is 0 Å². The van der Waals surface area contributed by atoms with Gasteiger partial charge in [0, 0.05) is 17.5 Å². The molecule has 0 aliphatic rings. The van der Waals surface area contributed by atoms with Crippen molar-refractivity contribution in [2.45, 2.75) is 32.7 Å². The first-order valence-electron chi connectivity index (χ1n) is 5.96. The quantitative estimate of drug-likeness (QED) is 0.645. The van der Waals surface area contributed by atoms with Crippen molar-refractivity contribution in [3.8, 4) is 5.75 Å². The molecule has 5 nitrogen and oxygen atoms in total. The van der Waals surface area contributed by atoms with Gasteiger partial charge < -0.3 is 10.5 Å². The van der Waals surface area contributed by atoms with Crippen LogP contribution < -0.4 is 10.5 Å². The third kappa shape index (κ3) is 2.98. The van der Waals surface area contributed by atoms with Gasteiger partial charge in [0.05, 0.1) is 18.1 Å².